The predicted molar refractivity (Wildman–Crippen MR) is 108 cm³/mol. The molecule has 1 aromatic heterocycles. The maximum Gasteiger partial charge on any atom is 0.191 e. The zero-order chi connectivity index (χ0) is 18.9. The molecule has 5 nitrogen and oxygen atoms in total. The molecule has 0 aliphatic carbocycles. The Balaban J connectivity index is 2.03. The second-order valence-corrected chi connectivity index (χ2v) is 7.23. The van der Waals surface area contributed by atoms with Crippen molar-refractivity contribution in [2.45, 2.75) is 47.1 Å². The number of hydrogen-bond acceptors (Lipinski definition) is 3. The molecule has 0 saturated heterocycles. The minimum atomic E-state index is 0.227. The van der Waals surface area contributed by atoms with Crippen LogP contribution in [0.15, 0.2) is 33.7 Å². The fourth-order valence-corrected chi connectivity index (χ4v) is 3.26. The Kier molecular flexibility index (Phi) is 7.98. The number of aryl methyl sites for hydroxylation is 1. The van der Waals surface area contributed by atoms with Gasteiger partial charge in [0.2, 0.25) is 0 Å². The molecular weight excluding hydrogens is 326 g/mol. The number of fused-ring (bicyclic) bond motifs is 1. The van der Waals surface area contributed by atoms with Gasteiger partial charge >= 0.3 is 0 Å². The van der Waals surface area contributed by atoms with E-state index in [1.807, 2.05) is 18.2 Å². The molecule has 0 amide bonds. The molecule has 5 heteroatoms. The summed E-state index contributed by atoms with van der Waals surface area (Å²) in [5, 5.41) is 17.1. The first kappa shape index (κ1) is 20.3. The summed E-state index contributed by atoms with van der Waals surface area (Å²) in [7, 11) is 0. The number of guanidine groups is 1. The molecular formula is C21H33N3O2. The Morgan fingerprint density at radius 1 is 1.23 bits per heavy atom. The Labute approximate surface area is 156 Å². The van der Waals surface area contributed by atoms with Gasteiger partial charge in [-0.05, 0) is 44.6 Å². The van der Waals surface area contributed by atoms with Crippen LogP contribution >= 0.6 is 0 Å². The molecule has 0 spiro atoms. The van der Waals surface area contributed by atoms with Gasteiger partial charge in [0.05, 0.1) is 0 Å². The van der Waals surface area contributed by atoms with Gasteiger partial charge in [0.15, 0.2) is 5.96 Å². The maximum absolute atomic E-state index is 9.28. The third-order valence-electron chi connectivity index (χ3n) is 4.57. The van der Waals surface area contributed by atoms with E-state index in [1.54, 1.807) is 0 Å². The predicted octanol–water partition coefficient (Wildman–Crippen LogP) is 3.84. The van der Waals surface area contributed by atoms with Gasteiger partial charge in [0, 0.05) is 30.6 Å². The second-order valence-electron chi connectivity index (χ2n) is 7.23. The summed E-state index contributed by atoms with van der Waals surface area (Å²) < 4.78 is 5.95. The monoisotopic (exact) mass is 359 g/mol. The van der Waals surface area contributed by atoms with Crippen molar-refractivity contribution in [3.8, 4) is 0 Å². The highest BCUT2D eigenvalue weighted by Crippen LogP contribution is 2.25. The van der Waals surface area contributed by atoms with E-state index >= 15 is 0 Å². The van der Waals surface area contributed by atoms with Crippen molar-refractivity contribution in [1.29, 1.82) is 0 Å². The van der Waals surface area contributed by atoms with Crippen LogP contribution in [0.25, 0.3) is 11.0 Å². The number of aliphatic hydroxyl groups excluding tert-OH is 1. The Bertz CT molecular complexity index is 706. The summed E-state index contributed by atoms with van der Waals surface area (Å²) >= 11 is 0. The number of aliphatic hydroxyl groups is 1. The lowest BCUT2D eigenvalue weighted by atomic mass is 9.94. The first-order valence-corrected chi connectivity index (χ1v) is 9.65. The van der Waals surface area contributed by atoms with Crippen LogP contribution in [0, 0.1) is 18.8 Å². The highest BCUT2D eigenvalue weighted by atomic mass is 16.3. The van der Waals surface area contributed by atoms with E-state index in [-0.39, 0.29) is 6.61 Å². The number of nitrogens with zero attached hydrogens (tertiary/aromatic N) is 1. The Morgan fingerprint density at radius 2 is 2.00 bits per heavy atom. The number of aliphatic imine (C=N–C) groups is 1. The van der Waals surface area contributed by atoms with Gasteiger partial charge in [-0.15, -0.1) is 0 Å². The van der Waals surface area contributed by atoms with Crippen LogP contribution < -0.4 is 10.6 Å². The van der Waals surface area contributed by atoms with Crippen LogP contribution in [-0.4, -0.2) is 30.8 Å². The molecule has 0 saturated carbocycles. The van der Waals surface area contributed by atoms with E-state index < -0.39 is 0 Å². The maximum atomic E-state index is 9.28. The van der Waals surface area contributed by atoms with Crippen LogP contribution in [0.1, 0.15) is 44.9 Å². The van der Waals surface area contributed by atoms with Crippen LogP contribution in [0.5, 0.6) is 0 Å². The third-order valence-corrected chi connectivity index (χ3v) is 4.57. The van der Waals surface area contributed by atoms with Crippen molar-refractivity contribution in [3.63, 3.8) is 0 Å². The fourth-order valence-electron chi connectivity index (χ4n) is 3.26. The van der Waals surface area contributed by atoms with Crippen molar-refractivity contribution < 1.29 is 9.52 Å². The van der Waals surface area contributed by atoms with Crippen molar-refractivity contribution in [3.05, 3.63) is 35.6 Å². The number of rotatable bonds is 9. The number of nitrogens with one attached hydrogen (secondary N) is 2. The zero-order valence-corrected chi connectivity index (χ0v) is 16.5. The zero-order valence-electron chi connectivity index (χ0n) is 16.5. The highest BCUT2D eigenvalue weighted by Gasteiger charge is 2.12. The van der Waals surface area contributed by atoms with E-state index in [1.165, 1.54) is 0 Å². The van der Waals surface area contributed by atoms with Gasteiger partial charge in [-0.25, -0.2) is 4.99 Å². The van der Waals surface area contributed by atoms with Gasteiger partial charge in [-0.2, -0.15) is 0 Å². The molecule has 144 valence electrons. The fraction of sp³-hybridized carbons (Fsp3) is 0.571. The largest absolute Gasteiger partial charge is 0.459 e. The van der Waals surface area contributed by atoms with Crippen molar-refractivity contribution in [1.82, 2.24) is 10.6 Å². The summed E-state index contributed by atoms with van der Waals surface area (Å²) in [6, 6.07) is 8.08. The molecule has 2 aromatic rings. The van der Waals surface area contributed by atoms with E-state index in [0.29, 0.717) is 18.4 Å². The topological polar surface area (TPSA) is 69.8 Å². The second kappa shape index (κ2) is 10.2. The van der Waals surface area contributed by atoms with Gasteiger partial charge < -0.3 is 20.2 Å². The summed E-state index contributed by atoms with van der Waals surface area (Å²) in [4.78, 5) is 4.69. The smallest absolute Gasteiger partial charge is 0.191 e. The lowest BCUT2D eigenvalue weighted by molar-refractivity contribution is 0.243. The molecule has 1 atom stereocenters. The standard InChI is InChI=1S/C21H33N3O2/c1-5-22-21(23-13-17(10-11-25)12-15(2)3)24-14-20-16(4)18-8-6-7-9-19(18)26-20/h6-9,15,17,25H,5,10-14H2,1-4H3,(H2,22,23,24). The number of para-hydroxylation sites is 1. The Hall–Kier alpha value is -2.01. The van der Waals surface area contributed by atoms with Crippen LogP contribution in [0.3, 0.4) is 0 Å². The minimum Gasteiger partial charge on any atom is -0.459 e. The third kappa shape index (κ3) is 5.77. The quantitative estimate of drug-likeness (QED) is 0.470. The normalized spacial score (nSPS) is 13.4. The summed E-state index contributed by atoms with van der Waals surface area (Å²) in [5.74, 6) is 2.75. The number of furan rings is 1. The molecule has 0 radical (unpaired) electrons. The lowest BCUT2D eigenvalue weighted by Gasteiger charge is -2.20. The van der Waals surface area contributed by atoms with Gasteiger partial charge in [-0.1, -0.05) is 32.0 Å². The summed E-state index contributed by atoms with van der Waals surface area (Å²) in [6.07, 6.45) is 1.91. The SMILES string of the molecule is CCNC(=NCc1oc2ccccc2c1C)NCC(CCO)CC(C)C. The lowest BCUT2D eigenvalue weighted by Crippen LogP contribution is -2.40. The van der Waals surface area contributed by atoms with Gasteiger partial charge in [0.25, 0.3) is 0 Å². The van der Waals surface area contributed by atoms with E-state index in [9.17, 15) is 5.11 Å². The summed E-state index contributed by atoms with van der Waals surface area (Å²) in [5.41, 5.74) is 2.06. The summed E-state index contributed by atoms with van der Waals surface area (Å²) in [6.45, 7) is 10.9. The van der Waals surface area contributed by atoms with Crippen LogP contribution in [0.2, 0.25) is 0 Å². The molecule has 1 aromatic carbocycles. The van der Waals surface area contributed by atoms with Crippen molar-refractivity contribution in [2.75, 3.05) is 19.7 Å². The van der Waals surface area contributed by atoms with Crippen LogP contribution in [-0.2, 0) is 6.54 Å². The highest BCUT2D eigenvalue weighted by molar-refractivity contribution is 5.82. The number of hydrogen-bond donors (Lipinski definition) is 3. The van der Waals surface area contributed by atoms with E-state index in [2.05, 4.69) is 49.4 Å². The average molecular weight is 360 g/mol. The molecule has 2 rings (SSSR count). The van der Waals surface area contributed by atoms with Crippen molar-refractivity contribution in [2.24, 2.45) is 16.8 Å². The molecule has 1 unspecified atom stereocenters. The molecule has 0 fully saturated rings. The molecule has 3 N–H and O–H groups in total. The first-order valence-electron chi connectivity index (χ1n) is 9.65. The first-order chi connectivity index (χ1) is 12.5. The van der Waals surface area contributed by atoms with Gasteiger partial charge in [-0.3, -0.25) is 0 Å². The molecule has 0 bridgehead atoms. The molecule has 26 heavy (non-hydrogen) atoms. The van der Waals surface area contributed by atoms with E-state index in [4.69, 9.17) is 4.42 Å². The van der Waals surface area contributed by atoms with Crippen LogP contribution in [0.4, 0.5) is 0 Å². The van der Waals surface area contributed by atoms with Gasteiger partial charge in [0.1, 0.15) is 17.9 Å². The average Bonchev–Trinajstić information content (AvgIpc) is 2.93. The Morgan fingerprint density at radius 3 is 2.65 bits per heavy atom. The van der Waals surface area contributed by atoms with E-state index in [0.717, 1.165) is 54.2 Å². The minimum absolute atomic E-state index is 0.227. The molecule has 0 aliphatic heterocycles. The number of benzene rings is 1. The molecule has 1 heterocycles. The van der Waals surface area contributed by atoms with Crippen molar-refractivity contribution >= 4 is 16.9 Å². The molecule has 0 aliphatic rings.